The third-order valence-corrected chi connectivity index (χ3v) is 4.13. The molecule has 1 atom stereocenters. The van der Waals surface area contributed by atoms with E-state index in [1.807, 2.05) is 0 Å². The molecule has 0 fully saturated rings. The van der Waals surface area contributed by atoms with E-state index in [0.717, 1.165) is 64.2 Å². The fourth-order valence-electron chi connectivity index (χ4n) is 2.48. The lowest BCUT2D eigenvalue weighted by Crippen LogP contribution is -2.25. The normalized spacial score (nSPS) is 12.4. The molecular formula is C22H38O7. The Bertz CT molecular complexity index is 460. The zero-order valence-corrected chi connectivity index (χ0v) is 17.7. The molecule has 7 heteroatoms. The molecule has 29 heavy (non-hydrogen) atoms. The van der Waals surface area contributed by atoms with Crippen molar-refractivity contribution < 1.29 is 34.0 Å². The average molecular weight is 415 g/mol. The van der Waals surface area contributed by atoms with Gasteiger partial charge in [-0.05, 0) is 44.9 Å². The van der Waals surface area contributed by atoms with E-state index in [9.17, 15) is 14.7 Å². The van der Waals surface area contributed by atoms with Crippen LogP contribution < -0.4 is 0 Å². The topological polar surface area (TPSA) is 102 Å². The van der Waals surface area contributed by atoms with Crippen molar-refractivity contribution in [1.29, 1.82) is 0 Å². The van der Waals surface area contributed by atoms with Crippen LogP contribution in [0.15, 0.2) is 24.3 Å². The number of rotatable bonds is 18. The molecule has 0 aliphatic carbocycles. The van der Waals surface area contributed by atoms with Gasteiger partial charge in [0.25, 0.3) is 0 Å². The molecule has 0 aliphatic heterocycles. The Morgan fingerprint density at radius 1 is 0.828 bits per heavy atom. The van der Waals surface area contributed by atoms with E-state index in [1.165, 1.54) is 7.11 Å². The van der Waals surface area contributed by atoms with Crippen LogP contribution >= 0.6 is 0 Å². The van der Waals surface area contributed by atoms with E-state index in [4.69, 9.17) is 9.84 Å². The number of methoxy groups -OCH3 is 1. The van der Waals surface area contributed by atoms with E-state index in [1.54, 1.807) is 0 Å². The van der Waals surface area contributed by atoms with Gasteiger partial charge in [0.05, 0.1) is 7.11 Å². The Kier molecular flexibility index (Phi) is 19.5. The summed E-state index contributed by atoms with van der Waals surface area (Å²) in [4.78, 5) is 22.3. The van der Waals surface area contributed by atoms with Gasteiger partial charge in [0.2, 0.25) is 0 Å². The number of hydrogen-bond donors (Lipinski definition) is 2. The Morgan fingerprint density at radius 2 is 1.41 bits per heavy atom. The summed E-state index contributed by atoms with van der Waals surface area (Å²) in [5.74, 6) is -0.352. The number of esters is 1. The summed E-state index contributed by atoms with van der Waals surface area (Å²) < 4.78 is 13.8. The van der Waals surface area contributed by atoms with Crippen molar-refractivity contribution in [2.45, 2.75) is 76.7 Å². The van der Waals surface area contributed by atoms with Crippen LogP contribution in [0.25, 0.3) is 0 Å². The van der Waals surface area contributed by atoms with Crippen LogP contribution in [0.3, 0.4) is 0 Å². The summed E-state index contributed by atoms with van der Waals surface area (Å²) in [6, 6.07) is 0. The fourth-order valence-corrected chi connectivity index (χ4v) is 2.48. The molecule has 0 radical (unpaired) electrons. The highest BCUT2D eigenvalue weighted by atomic mass is 16.7. The van der Waals surface area contributed by atoms with E-state index >= 15 is 0 Å². The molecule has 0 aromatic heterocycles. The second-order valence-corrected chi connectivity index (χ2v) is 6.81. The highest BCUT2D eigenvalue weighted by molar-refractivity contribution is 5.69. The second kappa shape index (κ2) is 20.9. The van der Waals surface area contributed by atoms with Crippen LogP contribution in [-0.4, -0.2) is 55.4 Å². The van der Waals surface area contributed by atoms with Crippen molar-refractivity contribution >= 4 is 12.1 Å². The van der Waals surface area contributed by atoms with Crippen molar-refractivity contribution in [2.75, 3.05) is 26.9 Å². The lowest BCUT2D eigenvalue weighted by molar-refractivity contribution is -0.147. The smallest absolute Gasteiger partial charge is 0.463 e. The van der Waals surface area contributed by atoms with E-state index in [2.05, 4.69) is 33.8 Å². The first kappa shape index (κ1) is 27.1. The molecule has 0 bridgehead atoms. The van der Waals surface area contributed by atoms with Crippen LogP contribution in [0.5, 0.6) is 0 Å². The van der Waals surface area contributed by atoms with Crippen molar-refractivity contribution in [1.82, 2.24) is 0 Å². The molecule has 0 spiro atoms. The third kappa shape index (κ3) is 20.7. The number of allylic oxidation sites excluding steroid dienone is 4. The minimum atomic E-state index is -1.05. The molecule has 0 aromatic rings. The number of ether oxygens (including phenoxy) is 3. The molecule has 2 N–H and O–H groups in total. The highest BCUT2D eigenvalue weighted by Crippen LogP contribution is 2.09. The molecule has 168 valence electrons. The maximum absolute atomic E-state index is 11.6. The van der Waals surface area contributed by atoms with Crippen molar-refractivity contribution in [2.24, 2.45) is 0 Å². The molecule has 0 heterocycles. The molecule has 0 amide bonds. The van der Waals surface area contributed by atoms with Gasteiger partial charge in [-0.15, -0.1) is 0 Å². The maximum Gasteiger partial charge on any atom is 0.508 e. The molecule has 0 saturated carbocycles. The Labute approximate surface area is 174 Å². The SMILES string of the molecule is COC(=O)OCC(O)COC(=O)CCCCCCC/C=C\C/C=C\CCCCO. The van der Waals surface area contributed by atoms with Gasteiger partial charge in [-0.25, -0.2) is 4.79 Å². The quantitative estimate of drug-likeness (QED) is 0.198. The first-order valence-electron chi connectivity index (χ1n) is 10.6. The Hall–Kier alpha value is -1.86. The standard InChI is InChI=1S/C22H38O7/c1-27-22(26)29-19-20(24)18-28-21(25)16-14-12-10-8-6-4-2-3-5-7-9-11-13-15-17-23/h2-3,7,9,20,23-24H,4-6,8,10-19H2,1H3/b3-2-,9-7-. The monoisotopic (exact) mass is 414 g/mol. The molecular weight excluding hydrogens is 376 g/mol. The van der Waals surface area contributed by atoms with Crippen molar-refractivity contribution in [3.8, 4) is 0 Å². The number of carbonyl (C=O) groups is 2. The average Bonchev–Trinajstić information content (AvgIpc) is 2.73. The summed E-state index contributed by atoms with van der Waals surface area (Å²) in [5.41, 5.74) is 0. The first-order chi connectivity index (χ1) is 14.1. The predicted octanol–water partition coefficient (Wildman–Crippen LogP) is 4.07. The number of hydrogen-bond acceptors (Lipinski definition) is 7. The van der Waals surface area contributed by atoms with Crippen molar-refractivity contribution in [3.05, 3.63) is 24.3 Å². The van der Waals surface area contributed by atoms with E-state index < -0.39 is 12.3 Å². The number of unbranched alkanes of at least 4 members (excludes halogenated alkanes) is 7. The Morgan fingerprint density at radius 3 is 2.07 bits per heavy atom. The number of carbonyl (C=O) groups excluding carboxylic acids is 2. The zero-order valence-electron chi connectivity index (χ0n) is 17.7. The minimum absolute atomic E-state index is 0.194. The van der Waals surface area contributed by atoms with Gasteiger partial charge in [0, 0.05) is 13.0 Å². The highest BCUT2D eigenvalue weighted by Gasteiger charge is 2.11. The van der Waals surface area contributed by atoms with Crippen LogP contribution in [-0.2, 0) is 19.0 Å². The number of aliphatic hydroxyl groups excluding tert-OH is 2. The summed E-state index contributed by atoms with van der Waals surface area (Å²) in [6.45, 7) is -0.188. The van der Waals surface area contributed by atoms with Crippen LogP contribution in [0.2, 0.25) is 0 Å². The van der Waals surface area contributed by atoms with Gasteiger partial charge in [-0.2, -0.15) is 0 Å². The molecule has 0 rings (SSSR count). The summed E-state index contributed by atoms with van der Waals surface area (Å²) >= 11 is 0. The van der Waals surface area contributed by atoms with Gasteiger partial charge in [0.15, 0.2) is 0 Å². The molecule has 7 nitrogen and oxygen atoms in total. The lowest BCUT2D eigenvalue weighted by atomic mass is 10.1. The second-order valence-electron chi connectivity index (χ2n) is 6.81. The van der Waals surface area contributed by atoms with E-state index in [0.29, 0.717) is 6.42 Å². The summed E-state index contributed by atoms with van der Waals surface area (Å²) in [5, 5.41) is 18.2. The molecule has 1 unspecified atom stereocenters. The van der Waals surface area contributed by atoms with E-state index in [-0.39, 0.29) is 25.8 Å². The largest absolute Gasteiger partial charge is 0.508 e. The summed E-state index contributed by atoms with van der Waals surface area (Å²) in [7, 11) is 1.17. The minimum Gasteiger partial charge on any atom is -0.463 e. The maximum atomic E-state index is 11.6. The zero-order chi connectivity index (χ0) is 21.6. The lowest BCUT2D eigenvalue weighted by Gasteiger charge is -2.11. The van der Waals surface area contributed by atoms with Gasteiger partial charge in [-0.1, -0.05) is 43.6 Å². The van der Waals surface area contributed by atoms with Gasteiger partial charge in [-0.3, -0.25) is 4.79 Å². The molecule has 0 aromatic carbocycles. The number of aliphatic hydroxyl groups is 2. The molecule has 0 saturated heterocycles. The predicted molar refractivity (Wildman–Crippen MR) is 111 cm³/mol. The van der Waals surface area contributed by atoms with Crippen LogP contribution in [0.4, 0.5) is 4.79 Å². The summed E-state index contributed by atoms with van der Waals surface area (Å²) in [6.07, 6.45) is 17.2. The third-order valence-electron chi connectivity index (χ3n) is 4.13. The fraction of sp³-hybridized carbons (Fsp3) is 0.727. The van der Waals surface area contributed by atoms with Crippen molar-refractivity contribution in [3.63, 3.8) is 0 Å². The van der Waals surface area contributed by atoms with Crippen LogP contribution in [0, 0.1) is 0 Å². The van der Waals surface area contributed by atoms with Gasteiger partial charge < -0.3 is 24.4 Å². The van der Waals surface area contributed by atoms with Gasteiger partial charge in [0.1, 0.15) is 19.3 Å². The van der Waals surface area contributed by atoms with Gasteiger partial charge >= 0.3 is 12.1 Å². The molecule has 0 aliphatic rings. The Balaban J connectivity index is 3.42. The van der Waals surface area contributed by atoms with Crippen LogP contribution in [0.1, 0.15) is 70.6 Å². The first-order valence-corrected chi connectivity index (χ1v) is 10.6.